The molecule has 0 bridgehead atoms. The van der Waals surface area contributed by atoms with Crippen molar-refractivity contribution in [1.82, 2.24) is 19.8 Å². The lowest BCUT2D eigenvalue weighted by atomic mass is 10.1. The minimum atomic E-state index is -0.520. The van der Waals surface area contributed by atoms with E-state index in [9.17, 15) is 9.59 Å². The van der Waals surface area contributed by atoms with Gasteiger partial charge in [0.15, 0.2) is 0 Å². The van der Waals surface area contributed by atoms with Gasteiger partial charge in [0.05, 0.1) is 12.2 Å². The van der Waals surface area contributed by atoms with Crippen molar-refractivity contribution < 1.29 is 14.3 Å². The Kier molecular flexibility index (Phi) is 7.16. The van der Waals surface area contributed by atoms with Crippen molar-refractivity contribution in [2.75, 3.05) is 42.9 Å². The molecule has 10 heteroatoms. The molecule has 0 atom stereocenters. The smallest absolute Gasteiger partial charge is 0.410 e. The number of rotatable bonds is 5. The summed E-state index contributed by atoms with van der Waals surface area (Å²) in [5, 5.41) is 4.18. The Hall–Kier alpha value is -3.07. The highest BCUT2D eigenvalue weighted by Crippen LogP contribution is 2.34. The fourth-order valence-corrected chi connectivity index (χ4v) is 4.93. The molecule has 37 heavy (non-hydrogen) atoms. The number of amides is 2. The van der Waals surface area contributed by atoms with Gasteiger partial charge in [0, 0.05) is 62.2 Å². The van der Waals surface area contributed by atoms with Crippen LogP contribution in [-0.4, -0.2) is 70.1 Å². The molecule has 198 valence electrons. The molecule has 9 nitrogen and oxygen atoms in total. The van der Waals surface area contributed by atoms with Crippen molar-refractivity contribution in [3.63, 3.8) is 0 Å². The maximum absolute atomic E-state index is 12.8. The van der Waals surface area contributed by atoms with Crippen LogP contribution in [0.3, 0.4) is 0 Å². The van der Waals surface area contributed by atoms with Crippen LogP contribution in [0, 0.1) is 5.92 Å². The van der Waals surface area contributed by atoms with Gasteiger partial charge in [-0.15, -0.1) is 0 Å². The summed E-state index contributed by atoms with van der Waals surface area (Å²) < 4.78 is 5.53. The number of carbonyl (C=O) groups excluding carboxylic acids is 2. The number of halogens is 1. The van der Waals surface area contributed by atoms with Crippen LogP contribution in [0.5, 0.6) is 0 Å². The van der Waals surface area contributed by atoms with E-state index in [2.05, 4.69) is 10.2 Å². The molecule has 1 aliphatic carbocycles. The number of ether oxygens (including phenoxy) is 1. The number of anilines is 2. The Balaban J connectivity index is 1.34. The van der Waals surface area contributed by atoms with E-state index in [4.69, 9.17) is 26.3 Å². The summed E-state index contributed by atoms with van der Waals surface area (Å²) in [6.07, 6.45) is 2.40. The predicted molar refractivity (Wildman–Crippen MR) is 143 cm³/mol. The molecular weight excluding hydrogens is 492 g/mol. The fourth-order valence-electron chi connectivity index (χ4n) is 4.71. The molecule has 5 rings (SSSR count). The van der Waals surface area contributed by atoms with Gasteiger partial charge in [-0.3, -0.25) is 4.79 Å². The largest absolute Gasteiger partial charge is 0.444 e. The Morgan fingerprint density at radius 2 is 1.84 bits per heavy atom. The van der Waals surface area contributed by atoms with Crippen molar-refractivity contribution in [3.05, 3.63) is 46.1 Å². The number of nitrogens with zero attached hydrogens (tertiary/aromatic N) is 5. The van der Waals surface area contributed by atoms with Gasteiger partial charge in [0.25, 0.3) is 0 Å². The van der Waals surface area contributed by atoms with E-state index in [1.54, 1.807) is 4.90 Å². The SMILES string of the molecule is CC(C)(C)OC(=O)N1CCN(c2nc3c(c(NCc4cccc(Cl)c4)n2)CN(C(=O)C2CC2)CC3)CC1. The molecule has 2 fully saturated rings. The molecule has 1 aromatic heterocycles. The molecule has 2 aliphatic heterocycles. The molecule has 3 aliphatic rings. The Bertz CT molecular complexity index is 1170. The number of aromatic nitrogens is 2. The number of piperazine rings is 1. The van der Waals surface area contributed by atoms with Crippen LogP contribution in [0.25, 0.3) is 0 Å². The minimum Gasteiger partial charge on any atom is -0.444 e. The average molecular weight is 527 g/mol. The van der Waals surface area contributed by atoms with Crippen molar-refractivity contribution >= 4 is 35.4 Å². The van der Waals surface area contributed by atoms with Gasteiger partial charge in [0.1, 0.15) is 11.4 Å². The van der Waals surface area contributed by atoms with Gasteiger partial charge < -0.3 is 24.8 Å². The van der Waals surface area contributed by atoms with Gasteiger partial charge in [-0.05, 0) is 51.3 Å². The highest BCUT2D eigenvalue weighted by Gasteiger charge is 2.36. The van der Waals surface area contributed by atoms with Crippen LogP contribution in [0.4, 0.5) is 16.6 Å². The maximum atomic E-state index is 12.8. The zero-order valence-corrected chi connectivity index (χ0v) is 22.6. The van der Waals surface area contributed by atoms with E-state index in [1.807, 2.05) is 49.9 Å². The normalized spacial score (nSPS) is 17.9. The first-order chi connectivity index (χ1) is 17.7. The molecule has 0 spiro atoms. The van der Waals surface area contributed by atoms with E-state index >= 15 is 0 Å². The molecule has 2 aromatic rings. The van der Waals surface area contributed by atoms with Crippen molar-refractivity contribution in [2.24, 2.45) is 5.92 Å². The number of hydrogen-bond acceptors (Lipinski definition) is 7. The third-order valence-corrected chi connectivity index (χ3v) is 7.09. The monoisotopic (exact) mass is 526 g/mol. The van der Waals surface area contributed by atoms with E-state index < -0.39 is 5.60 Å². The fraction of sp³-hybridized carbons (Fsp3) is 0.556. The lowest BCUT2D eigenvalue weighted by Crippen LogP contribution is -2.50. The van der Waals surface area contributed by atoms with Crippen LogP contribution in [0.15, 0.2) is 24.3 Å². The van der Waals surface area contributed by atoms with Crippen LogP contribution >= 0.6 is 11.6 Å². The van der Waals surface area contributed by atoms with Crippen molar-refractivity contribution in [3.8, 4) is 0 Å². The second-order valence-corrected chi connectivity index (χ2v) is 11.5. The van der Waals surface area contributed by atoms with E-state index in [1.165, 1.54) is 0 Å². The molecule has 2 amide bonds. The number of hydrogen-bond donors (Lipinski definition) is 1. The molecule has 0 radical (unpaired) electrons. The second kappa shape index (κ2) is 10.4. The standard InChI is InChI=1S/C27H35ClN6O3/c1-27(2,3)37-26(36)33-13-11-32(12-14-33)25-30-22-9-10-34(24(35)19-7-8-19)17-21(22)23(31-25)29-16-18-5-4-6-20(28)15-18/h4-6,15,19H,7-14,16-17H2,1-3H3,(H,29,30,31). The molecule has 0 unspecified atom stereocenters. The summed E-state index contributed by atoms with van der Waals surface area (Å²) in [4.78, 5) is 40.9. The van der Waals surface area contributed by atoms with Crippen molar-refractivity contribution in [1.29, 1.82) is 0 Å². The van der Waals surface area contributed by atoms with Gasteiger partial charge in [0.2, 0.25) is 11.9 Å². The molecule has 3 heterocycles. The summed E-state index contributed by atoms with van der Waals surface area (Å²) in [6.45, 7) is 9.73. The molecular formula is C27H35ClN6O3. The first-order valence-corrected chi connectivity index (χ1v) is 13.4. The summed E-state index contributed by atoms with van der Waals surface area (Å²) in [5.41, 5.74) is 2.49. The van der Waals surface area contributed by atoms with E-state index in [-0.39, 0.29) is 17.9 Å². The average Bonchev–Trinajstić information content (AvgIpc) is 3.71. The van der Waals surface area contributed by atoms with Crippen LogP contribution in [0.1, 0.15) is 50.4 Å². The van der Waals surface area contributed by atoms with Crippen molar-refractivity contribution in [2.45, 2.75) is 58.7 Å². The Morgan fingerprint density at radius 3 is 2.51 bits per heavy atom. The Labute approximate surface area is 223 Å². The summed E-state index contributed by atoms with van der Waals surface area (Å²) >= 11 is 6.19. The Morgan fingerprint density at radius 1 is 1.08 bits per heavy atom. The zero-order chi connectivity index (χ0) is 26.2. The number of benzene rings is 1. The van der Waals surface area contributed by atoms with Crippen LogP contribution < -0.4 is 10.2 Å². The van der Waals surface area contributed by atoms with E-state index in [0.717, 1.165) is 35.5 Å². The minimum absolute atomic E-state index is 0.186. The first kappa shape index (κ1) is 25.6. The molecule has 1 N–H and O–H groups in total. The summed E-state index contributed by atoms with van der Waals surface area (Å²) in [6, 6.07) is 7.74. The lowest BCUT2D eigenvalue weighted by Gasteiger charge is -2.36. The van der Waals surface area contributed by atoms with E-state index in [0.29, 0.717) is 63.2 Å². The quantitative estimate of drug-likeness (QED) is 0.627. The molecule has 1 aromatic carbocycles. The second-order valence-electron chi connectivity index (χ2n) is 11.0. The number of carbonyl (C=O) groups is 2. The molecule has 1 saturated carbocycles. The van der Waals surface area contributed by atoms with Crippen LogP contribution in [0.2, 0.25) is 5.02 Å². The predicted octanol–water partition coefficient (Wildman–Crippen LogP) is 4.09. The van der Waals surface area contributed by atoms with Gasteiger partial charge in [-0.25, -0.2) is 9.78 Å². The van der Waals surface area contributed by atoms with Gasteiger partial charge >= 0.3 is 6.09 Å². The highest BCUT2D eigenvalue weighted by atomic mass is 35.5. The van der Waals surface area contributed by atoms with Gasteiger partial charge in [-0.1, -0.05) is 23.7 Å². The number of nitrogens with one attached hydrogen (secondary N) is 1. The lowest BCUT2D eigenvalue weighted by molar-refractivity contribution is -0.133. The number of fused-ring (bicyclic) bond motifs is 1. The zero-order valence-electron chi connectivity index (χ0n) is 21.8. The topological polar surface area (TPSA) is 90.9 Å². The summed E-state index contributed by atoms with van der Waals surface area (Å²) in [5.74, 6) is 1.83. The summed E-state index contributed by atoms with van der Waals surface area (Å²) in [7, 11) is 0. The maximum Gasteiger partial charge on any atom is 0.410 e. The third kappa shape index (κ3) is 6.26. The molecule has 1 saturated heterocycles. The highest BCUT2D eigenvalue weighted by molar-refractivity contribution is 6.30. The first-order valence-electron chi connectivity index (χ1n) is 13.1. The van der Waals surface area contributed by atoms with Gasteiger partial charge in [-0.2, -0.15) is 4.98 Å². The van der Waals surface area contributed by atoms with Crippen LogP contribution in [-0.2, 0) is 29.0 Å². The third-order valence-electron chi connectivity index (χ3n) is 6.85.